The summed E-state index contributed by atoms with van der Waals surface area (Å²) in [6.07, 6.45) is 0. The highest BCUT2D eigenvalue weighted by molar-refractivity contribution is 4.28. The summed E-state index contributed by atoms with van der Waals surface area (Å²) in [5.74, 6) is 0. The van der Waals surface area contributed by atoms with Gasteiger partial charge in [-0.15, -0.1) is 0 Å². The molecule has 3 heteroatoms. The molecule has 0 spiro atoms. The van der Waals surface area contributed by atoms with E-state index >= 15 is 0 Å². The number of nitro groups is 1. The van der Waals surface area contributed by atoms with Gasteiger partial charge in [-0.3, -0.25) is 10.1 Å². The van der Waals surface area contributed by atoms with Gasteiger partial charge in [0.1, 0.15) is 1.37 Å². The Labute approximate surface area is 37.5 Å². The molecule has 0 amide bonds. The Hall–Kier alpha value is -0.600. The second-order valence-corrected chi connectivity index (χ2v) is 1.20. The Morgan fingerprint density at radius 1 is 2.00 bits per heavy atom. The van der Waals surface area contributed by atoms with E-state index in [9.17, 15) is 10.1 Å². The van der Waals surface area contributed by atoms with E-state index in [-0.39, 0.29) is 0 Å². The average Bonchev–Trinajstić information content (AvgIpc) is 1.31. The minimum Gasteiger partial charge on any atom is -0.264 e. The molecule has 0 fully saturated rings. The topological polar surface area (TPSA) is 43.1 Å². The molecule has 0 radical (unpaired) electrons. The third kappa shape index (κ3) is 1.69. The largest absolute Gasteiger partial charge is 0.264 e. The van der Waals surface area contributed by atoms with Crippen molar-refractivity contribution in [3.05, 3.63) is 10.1 Å². The lowest BCUT2D eigenvalue weighted by atomic mass is 10.4. The molecule has 0 N–H and O–H groups in total. The zero-order valence-electron chi connectivity index (χ0n) is 4.76. The number of rotatable bonds is 1. The van der Waals surface area contributed by atoms with Crippen LogP contribution in [-0.4, -0.2) is 10.9 Å². The molecule has 0 aliphatic carbocycles. The van der Waals surface area contributed by atoms with E-state index in [1.165, 1.54) is 13.8 Å². The maximum absolute atomic E-state index is 9.64. The smallest absolute Gasteiger partial charge is 0.207 e. The van der Waals surface area contributed by atoms with Gasteiger partial charge in [-0.25, -0.2) is 0 Å². The third-order valence-corrected chi connectivity index (χ3v) is 0.365. The van der Waals surface area contributed by atoms with Crippen molar-refractivity contribution in [3.8, 4) is 0 Å². The molecule has 0 aromatic heterocycles. The quantitative estimate of drug-likeness (QED) is 0.351. The van der Waals surface area contributed by atoms with Crippen LogP contribution in [0.5, 0.6) is 0 Å². The van der Waals surface area contributed by atoms with E-state index in [2.05, 4.69) is 0 Å². The summed E-state index contributed by atoms with van der Waals surface area (Å²) in [6.45, 7) is 2.46. The predicted octanol–water partition coefficient (Wildman–Crippen LogP) is 0.671. The fourth-order valence-electron chi connectivity index (χ4n) is 0. The summed E-state index contributed by atoms with van der Waals surface area (Å²) in [5.41, 5.74) is 0. The van der Waals surface area contributed by atoms with Crippen molar-refractivity contribution in [1.29, 1.82) is 0 Å². The first kappa shape index (κ1) is 3.59. The van der Waals surface area contributed by atoms with Crippen molar-refractivity contribution in [3.63, 3.8) is 0 Å². The monoisotopic (exact) mass is 90.1 g/mol. The Morgan fingerprint density at radius 3 is 2.17 bits per heavy atom. The molecule has 0 heterocycles. The van der Waals surface area contributed by atoms with E-state index in [0.29, 0.717) is 0 Å². The van der Waals surface area contributed by atoms with Crippen LogP contribution in [0.15, 0.2) is 0 Å². The Bertz CT molecular complexity index is 85.4. The first-order valence-electron chi connectivity index (χ1n) is 2.09. The Morgan fingerprint density at radius 2 is 2.17 bits per heavy atom. The standard InChI is InChI=1S/C3H7NO2/c1-3(2)4(5)6/h3H,1-2H3/i3D. The molecule has 0 saturated heterocycles. The van der Waals surface area contributed by atoms with Gasteiger partial charge in [-0.1, -0.05) is 0 Å². The van der Waals surface area contributed by atoms with Crippen LogP contribution in [0.4, 0.5) is 0 Å². The van der Waals surface area contributed by atoms with Crippen LogP contribution < -0.4 is 0 Å². The van der Waals surface area contributed by atoms with Gasteiger partial charge in [-0.2, -0.15) is 0 Å². The predicted molar refractivity (Wildman–Crippen MR) is 22.1 cm³/mol. The molecule has 0 aliphatic rings. The van der Waals surface area contributed by atoms with Crippen LogP contribution in [0.2, 0.25) is 0 Å². The Balaban J connectivity index is 3.79. The van der Waals surface area contributed by atoms with Gasteiger partial charge >= 0.3 is 0 Å². The molecule has 36 valence electrons. The summed E-state index contributed by atoms with van der Waals surface area (Å²) in [6, 6.07) is -1.53. The van der Waals surface area contributed by atoms with Gasteiger partial charge in [-0.05, 0) is 0 Å². The molecule has 0 saturated carbocycles. The lowest BCUT2D eigenvalue weighted by Crippen LogP contribution is -2.08. The summed E-state index contributed by atoms with van der Waals surface area (Å²) >= 11 is 0. The average molecular weight is 90.1 g/mol. The number of nitrogens with zero attached hydrogens (tertiary/aromatic N) is 1. The second kappa shape index (κ2) is 1.74. The van der Waals surface area contributed by atoms with Crippen LogP contribution in [0.25, 0.3) is 0 Å². The van der Waals surface area contributed by atoms with Gasteiger partial charge < -0.3 is 0 Å². The molecule has 0 rings (SSSR count). The fourth-order valence-corrected chi connectivity index (χ4v) is 0. The summed E-state index contributed by atoms with van der Waals surface area (Å²) < 4.78 is 6.69. The van der Waals surface area contributed by atoms with Crippen molar-refractivity contribution in [2.75, 3.05) is 0 Å². The second-order valence-electron chi connectivity index (χ2n) is 1.20. The highest BCUT2D eigenvalue weighted by atomic mass is 16.6. The van der Waals surface area contributed by atoms with Crippen LogP contribution in [0, 0.1) is 10.1 Å². The third-order valence-electron chi connectivity index (χ3n) is 0.365. The zero-order chi connectivity index (χ0) is 6.08. The summed E-state index contributed by atoms with van der Waals surface area (Å²) in [7, 11) is 0. The van der Waals surface area contributed by atoms with E-state index in [0.717, 1.165) is 0 Å². The molecule has 0 unspecified atom stereocenters. The lowest BCUT2D eigenvalue weighted by Gasteiger charge is -1.88. The minimum absolute atomic E-state index is 0.646. The number of hydrogen-bond donors (Lipinski definition) is 0. The number of hydrogen-bond acceptors (Lipinski definition) is 2. The van der Waals surface area contributed by atoms with E-state index in [4.69, 9.17) is 1.37 Å². The summed E-state index contributed by atoms with van der Waals surface area (Å²) in [5, 5.41) is 9.64. The van der Waals surface area contributed by atoms with Gasteiger partial charge in [0.05, 0.1) is 0 Å². The van der Waals surface area contributed by atoms with Crippen molar-refractivity contribution in [2.24, 2.45) is 0 Å². The summed E-state index contributed by atoms with van der Waals surface area (Å²) in [4.78, 5) is 8.99. The van der Waals surface area contributed by atoms with Crippen LogP contribution in [-0.2, 0) is 0 Å². The van der Waals surface area contributed by atoms with Gasteiger partial charge in [0, 0.05) is 18.8 Å². The van der Waals surface area contributed by atoms with Crippen molar-refractivity contribution >= 4 is 0 Å². The molecule has 0 aliphatic heterocycles. The molecular formula is C3H7NO2. The van der Waals surface area contributed by atoms with Gasteiger partial charge in [0.25, 0.3) is 0 Å². The molecule has 0 aromatic rings. The van der Waals surface area contributed by atoms with Crippen molar-refractivity contribution < 1.29 is 6.29 Å². The molecule has 0 bridgehead atoms. The van der Waals surface area contributed by atoms with E-state index in [1.807, 2.05) is 0 Å². The molecule has 0 aromatic carbocycles. The van der Waals surface area contributed by atoms with Crippen LogP contribution in [0.3, 0.4) is 0 Å². The van der Waals surface area contributed by atoms with Crippen molar-refractivity contribution in [1.82, 2.24) is 0 Å². The molecule has 3 nitrogen and oxygen atoms in total. The lowest BCUT2D eigenvalue weighted by molar-refractivity contribution is -0.513. The maximum Gasteiger partial charge on any atom is 0.207 e. The van der Waals surface area contributed by atoms with E-state index in [1.54, 1.807) is 0 Å². The maximum atomic E-state index is 9.64. The molecule has 6 heavy (non-hydrogen) atoms. The first-order valence-corrected chi connectivity index (χ1v) is 1.59. The molecule has 0 atom stereocenters. The first-order chi connectivity index (χ1) is 2.94. The van der Waals surface area contributed by atoms with Gasteiger partial charge in [0.15, 0.2) is 0 Å². The SMILES string of the molecule is [2H]C(C)(C)[N+](=O)[O-]. The Kier molecular flexibility index (Phi) is 1.04. The van der Waals surface area contributed by atoms with Crippen LogP contribution >= 0.6 is 0 Å². The highest BCUT2D eigenvalue weighted by Crippen LogP contribution is 1.79. The van der Waals surface area contributed by atoms with Crippen LogP contribution in [0.1, 0.15) is 15.2 Å². The highest BCUT2D eigenvalue weighted by Gasteiger charge is 1.99. The zero-order valence-corrected chi connectivity index (χ0v) is 3.76. The van der Waals surface area contributed by atoms with E-state index < -0.39 is 10.9 Å². The minimum atomic E-state index is -1.53. The molecular weight excluding hydrogens is 82.0 g/mol. The normalized spacial score (nSPS) is 13.3. The van der Waals surface area contributed by atoms with Gasteiger partial charge in [0.2, 0.25) is 6.02 Å². The fraction of sp³-hybridized carbons (Fsp3) is 1.00. The van der Waals surface area contributed by atoms with Crippen molar-refractivity contribution in [2.45, 2.75) is 19.9 Å².